The van der Waals surface area contributed by atoms with Crippen LogP contribution in [-0.2, 0) is 4.79 Å². The van der Waals surface area contributed by atoms with Gasteiger partial charge in [0.2, 0.25) is 5.91 Å². The van der Waals surface area contributed by atoms with Gasteiger partial charge in [0.1, 0.15) is 11.8 Å². The molecule has 1 aromatic carbocycles. The van der Waals surface area contributed by atoms with Crippen LogP contribution in [0.15, 0.2) is 18.2 Å². The Morgan fingerprint density at radius 2 is 2.11 bits per heavy atom. The molecule has 0 spiro atoms. The van der Waals surface area contributed by atoms with Gasteiger partial charge >= 0.3 is 6.09 Å². The molecular formula is C13H18N2O4. The fourth-order valence-electron chi connectivity index (χ4n) is 1.60. The van der Waals surface area contributed by atoms with Crippen LogP contribution in [0.5, 0.6) is 5.75 Å². The molecule has 1 aromatic rings. The monoisotopic (exact) mass is 266 g/mol. The Morgan fingerprint density at radius 3 is 2.68 bits per heavy atom. The molecule has 104 valence electrons. The maximum absolute atomic E-state index is 11.0. The Hall–Kier alpha value is -2.24. The molecule has 0 aromatic heterocycles. The van der Waals surface area contributed by atoms with Gasteiger partial charge in [-0.2, -0.15) is 0 Å². The minimum absolute atomic E-state index is 0.189. The summed E-state index contributed by atoms with van der Waals surface area (Å²) in [7, 11) is 0. The smallest absolute Gasteiger partial charge is 0.405 e. The van der Waals surface area contributed by atoms with Crippen molar-refractivity contribution in [2.24, 2.45) is 5.73 Å². The molecule has 0 saturated carbocycles. The van der Waals surface area contributed by atoms with E-state index < -0.39 is 18.0 Å². The zero-order chi connectivity index (χ0) is 14.4. The Labute approximate surface area is 111 Å². The predicted octanol–water partition coefficient (Wildman–Crippen LogP) is 1.19. The van der Waals surface area contributed by atoms with Crippen LogP contribution in [0.3, 0.4) is 0 Å². The highest BCUT2D eigenvalue weighted by molar-refractivity contribution is 5.83. The molecule has 6 nitrogen and oxygen atoms in total. The van der Waals surface area contributed by atoms with Crippen molar-refractivity contribution in [1.29, 1.82) is 0 Å². The highest BCUT2D eigenvalue weighted by atomic mass is 16.5. The van der Waals surface area contributed by atoms with Gasteiger partial charge in [0, 0.05) is 6.42 Å². The number of carbonyl (C=O) groups excluding carboxylic acids is 1. The number of hydrogen-bond acceptors (Lipinski definition) is 3. The topological polar surface area (TPSA) is 102 Å². The average molecular weight is 266 g/mol. The van der Waals surface area contributed by atoms with Crippen LogP contribution in [0.25, 0.3) is 0 Å². The minimum Gasteiger partial charge on any atom is -0.493 e. The molecular weight excluding hydrogens is 248 g/mol. The lowest BCUT2D eigenvalue weighted by molar-refractivity contribution is -0.120. The number of nitrogens with two attached hydrogens (primary N) is 1. The summed E-state index contributed by atoms with van der Waals surface area (Å²) in [5.74, 6) is 0.00510. The quantitative estimate of drug-likeness (QED) is 0.719. The first-order valence-electron chi connectivity index (χ1n) is 5.89. The van der Waals surface area contributed by atoms with Crippen LogP contribution in [0, 0.1) is 13.8 Å². The molecule has 0 aliphatic rings. The van der Waals surface area contributed by atoms with Gasteiger partial charge in [-0.05, 0) is 31.0 Å². The van der Waals surface area contributed by atoms with Gasteiger partial charge in [0.05, 0.1) is 6.61 Å². The summed E-state index contributed by atoms with van der Waals surface area (Å²) < 4.78 is 5.54. The number of amides is 2. The lowest BCUT2D eigenvalue weighted by Crippen LogP contribution is -2.44. The van der Waals surface area contributed by atoms with E-state index in [2.05, 4.69) is 5.32 Å². The van der Waals surface area contributed by atoms with E-state index in [-0.39, 0.29) is 13.0 Å². The molecule has 1 unspecified atom stereocenters. The number of nitrogens with one attached hydrogen (secondary N) is 1. The lowest BCUT2D eigenvalue weighted by Gasteiger charge is -2.15. The number of benzene rings is 1. The zero-order valence-corrected chi connectivity index (χ0v) is 11.0. The zero-order valence-electron chi connectivity index (χ0n) is 11.0. The molecule has 6 heteroatoms. The molecule has 0 saturated heterocycles. The number of carboxylic acid groups (broad SMARTS) is 1. The van der Waals surface area contributed by atoms with E-state index in [0.717, 1.165) is 16.9 Å². The summed E-state index contributed by atoms with van der Waals surface area (Å²) in [6, 6.07) is 4.73. The van der Waals surface area contributed by atoms with Crippen molar-refractivity contribution >= 4 is 12.0 Å². The fraction of sp³-hybridized carbons (Fsp3) is 0.385. The van der Waals surface area contributed by atoms with E-state index in [1.807, 2.05) is 32.0 Å². The molecule has 19 heavy (non-hydrogen) atoms. The summed E-state index contributed by atoms with van der Waals surface area (Å²) in [6.45, 7) is 4.12. The lowest BCUT2D eigenvalue weighted by atomic mass is 10.1. The van der Waals surface area contributed by atoms with Crippen LogP contribution >= 0.6 is 0 Å². The first-order chi connectivity index (χ1) is 8.91. The highest BCUT2D eigenvalue weighted by Crippen LogP contribution is 2.20. The highest BCUT2D eigenvalue weighted by Gasteiger charge is 2.17. The fourth-order valence-corrected chi connectivity index (χ4v) is 1.60. The van der Waals surface area contributed by atoms with Gasteiger partial charge in [0.25, 0.3) is 0 Å². The first-order valence-corrected chi connectivity index (χ1v) is 5.89. The summed E-state index contributed by atoms with van der Waals surface area (Å²) in [6.07, 6.45) is -1.09. The van der Waals surface area contributed by atoms with Crippen molar-refractivity contribution in [1.82, 2.24) is 5.32 Å². The van der Waals surface area contributed by atoms with Crippen LogP contribution in [0.2, 0.25) is 0 Å². The van der Waals surface area contributed by atoms with Crippen molar-refractivity contribution < 1.29 is 19.4 Å². The minimum atomic E-state index is -1.28. The van der Waals surface area contributed by atoms with E-state index >= 15 is 0 Å². The Bertz CT molecular complexity index is 474. The molecule has 0 aliphatic carbocycles. The van der Waals surface area contributed by atoms with E-state index in [1.54, 1.807) is 0 Å². The molecule has 1 atom stereocenters. The van der Waals surface area contributed by atoms with Crippen molar-refractivity contribution in [2.45, 2.75) is 26.3 Å². The van der Waals surface area contributed by atoms with Crippen molar-refractivity contribution in [3.8, 4) is 5.75 Å². The molecule has 0 fully saturated rings. The SMILES string of the molecule is Cc1cccc(OCCC(NC(=O)O)C(N)=O)c1C. The van der Waals surface area contributed by atoms with Crippen molar-refractivity contribution in [3.63, 3.8) is 0 Å². The Morgan fingerprint density at radius 1 is 1.42 bits per heavy atom. The van der Waals surface area contributed by atoms with Crippen LogP contribution in [0.4, 0.5) is 4.79 Å². The number of carbonyl (C=O) groups is 2. The molecule has 0 radical (unpaired) electrons. The van der Waals surface area contributed by atoms with E-state index in [0.29, 0.717) is 0 Å². The van der Waals surface area contributed by atoms with Gasteiger partial charge in [-0.15, -0.1) is 0 Å². The van der Waals surface area contributed by atoms with Gasteiger partial charge < -0.3 is 20.9 Å². The third-order valence-corrected chi connectivity index (χ3v) is 2.86. The van der Waals surface area contributed by atoms with E-state index in [9.17, 15) is 9.59 Å². The van der Waals surface area contributed by atoms with Gasteiger partial charge in [-0.1, -0.05) is 12.1 Å². The summed E-state index contributed by atoms with van der Waals surface area (Å²) in [5.41, 5.74) is 7.22. The van der Waals surface area contributed by atoms with E-state index in [4.69, 9.17) is 15.6 Å². The van der Waals surface area contributed by atoms with Gasteiger partial charge in [0.15, 0.2) is 0 Å². The maximum Gasteiger partial charge on any atom is 0.405 e. The third kappa shape index (κ3) is 4.50. The van der Waals surface area contributed by atoms with Crippen LogP contribution in [0.1, 0.15) is 17.5 Å². The molecule has 0 aliphatic heterocycles. The third-order valence-electron chi connectivity index (χ3n) is 2.86. The van der Waals surface area contributed by atoms with Crippen LogP contribution < -0.4 is 15.8 Å². The van der Waals surface area contributed by atoms with Crippen molar-refractivity contribution in [3.05, 3.63) is 29.3 Å². The standard InChI is InChI=1S/C13H18N2O4/c1-8-4-3-5-11(9(8)2)19-7-6-10(12(14)16)15-13(17)18/h3-5,10,15H,6-7H2,1-2H3,(H2,14,16)(H,17,18). The second kappa shape index (κ2) is 6.63. The summed E-state index contributed by atoms with van der Waals surface area (Å²) >= 11 is 0. The maximum atomic E-state index is 11.0. The van der Waals surface area contributed by atoms with Crippen LogP contribution in [-0.4, -0.2) is 29.8 Å². The predicted molar refractivity (Wildman–Crippen MR) is 70.2 cm³/mol. The van der Waals surface area contributed by atoms with Gasteiger partial charge in [-0.25, -0.2) is 4.79 Å². The van der Waals surface area contributed by atoms with Crippen molar-refractivity contribution in [2.75, 3.05) is 6.61 Å². The molecule has 2 amide bonds. The number of hydrogen-bond donors (Lipinski definition) is 3. The number of primary amides is 1. The molecule has 0 heterocycles. The summed E-state index contributed by atoms with van der Waals surface area (Å²) in [4.78, 5) is 21.5. The Balaban J connectivity index is 2.54. The number of aryl methyl sites for hydroxylation is 1. The van der Waals surface area contributed by atoms with E-state index in [1.165, 1.54) is 0 Å². The molecule has 1 rings (SSSR count). The first kappa shape index (κ1) is 14.8. The average Bonchev–Trinajstić information content (AvgIpc) is 2.32. The molecule has 0 bridgehead atoms. The second-order valence-electron chi connectivity index (χ2n) is 4.24. The largest absolute Gasteiger partial charge is 0.493 e. The normalized spacial score (nSPS) is 11.7. The number of ether oxygens (including phenoxy) is 1. The second-order valence-corrected chi connectivity index (χ2v) is 4.24. The number of rotatable bonds is 6. The summed E-state index contributed by atoms with van der Waals surface area (Å²) in [5, 5.41) is 10.6. The van der Waals surface area contributed by atoms with Gasteiger partial charge in [-0.3, -0.25) is 4.79 Å². The Kier molecular flexibility index (Phi) is 5.17. The molecule has 4 N–H and O–H groups in total.